The number of aromatic nitrogens is 1. The molecular formula is C25H31N3O3. The van der Waals surface area contributed by atoms with Crippen molar-refractivity contribution in [2.75, 3.05) is 45.2 Å². The summed E-state index contributed by atoms with van der Waals surface area (Å²) in [7, 11) is 3.64. The molecule has 3 heterocycles. The number of piperidine rings is 1. The van der Waals surface area contributed by atoms with Crippen LogP contribution in [-0.4, -0.2) is 78.2 Å². The lowest BCUT2D eigenvalue weighted by molar-refractivity contribution is 0.0217. The SMILES string of the molecule is CO[C@@H]1CN(c2ccc(C#CC3(O)CCCN(C)C3)c(Cc3ccccc3)n2)C[C@H]1O. The van der Waals surface area contributed by atoms with E-state index in [2.05, 4.69) is 28.9 Å². The number of likely N-dealkylation sites (N-methyl/N-ethyl adjacent to an activating group) is 1. The molecule has 6 nitrogen and oxygen atoms in total. The summed E-state index contributed by atoms with van der Waals surface area (Å²) < 4.78 is 5.38. The summed E-state index contributed by atoms with van der Waals surface area (Å²) in [6.07, 6.45) is 1.54. The van der Waals surface area contributed by atoms with E-state index in [9.17, 15) is 10.2 Å². The maximum atomic E-state index is 10.9. The van der Waals surface area contributed by atoms with Crippen LogP contribution in [0.4, 0.5) is 5.82 Å². The van der Waals surface area contributed by atoms with E-state index in [1.165, 1.54) is 0 Å². The van der Waals surface area contributed by atoms with Crippen LogP contribution in [0.25, 0.3) is 0 Å². The summed E-state index contributed by atoms with van der Waals surface area (Å²) >= 11 is 0. The lowest BCUT2D eigenvalue weighted by Gasteiger charge is -2.33. The second kappa shape index (κ2) is 9.37. The highest BCUT2D eigenvalue weighted by atomic mass is 16.5. The summed E-state index contributed by atoms with van der Waals surface area (Å²) in [5.74, 6) is 7.17. The van der Waals surface area contributed by atoms with Gasteiger partial charge in [0.2, 0.25) is 0 Å². The number of aliphatic hydroxyl groups excluding tert-OH is 1. The number of β-amino-alcohol motifs (C(OH)–C–C–N with tert-alkyl or cyclic N) is 2. The topological polar surface area (TPSA) is 69.1 Å². The maximum absolute atomic E-state index is 10.9. The van der Waals surface area contributed by atoms with Gasteiger partial charge in [0, 0.05) is 38.7 Å². The van der Waals surface area contributed by atoms with Gasteiger partial charge >= 0.3 is 0 Å². The van der Waals surface area contributed by atoms with Crippen LogP contribution in [0.15, 0.2) is 42.5 Å². The average molecular weight is 422 g/mol. The van der Waals surface area contributed by atoms with Crippen molar-refractivity contribution in [1.82, 2.24) is 9.88 Å². The van der Waals surface area contributed by atoms with Crippen LogP contribution in [0.3, 0.4) is 0 Å². The van der Waals surface area contributed by atoms with Gasteiger partial charge in [-0.15, -0.1) is 0 Å². The van der Waals surface area contributed by atoms with Gasteiger partial charge in [-0.25, -0.2) is 4.98 Å². The predicted octanol–water partition coefficient (Wildman–Crippen LogP) is 1.68. The first-order valence-electron chi connectivity index (χ1n) is 10.9. The smallest absolute Gasteiger partial charge is 0.138 e. The van der Waals surface area contributed by atoms with Gasteiger partial charge in [0.05, 0.1) is 11.8 Å². The summed E-state index contributed by atoms with van der Waals surface area (Å²) in [6, 6.07) is 14.1. The van der Waals surface area contributed by atoms with Crippen molar-refractivity contribution in [1.29, 1.82) is 0 Å². The molecule has 1 aromatic carbocycles. The van der Waals surface area contributed by atoms with Crippen LogP contribution in [0.2, 0.25) is 0 Å². The molecule has 0 radical (unpaired) electrons. The molecule has 2 N–H and O–H groups in total. The Labute approximate surface area is 184 Å². The Morgan fingerprint density at radius 1 is 1.19 bits per heavy atom. The van der Waals surface area contributed by atoms with E-state index in [1.54, 1.807) is 7.11 Å². The molecule has 1 aromatic heterocycles. The molecule has 3 atom stereocenters. The van der Waals surface area contributed by atoms with Gasteiger partial charge in [0.25, 0.3) is 0 Å². The summed E-state index contributed by atoms with van der Waals surface area (Å²) in [5.41, 5.74) is 1.87. The van der Waals surface area contributed by atoms with E-state index >= 15 is 0 Å². The van der Waals surface area contributed by atoms with Gasteiger partial charge in [-0.3, -0.25) is 0 Å². The predicted molar refractivity (Wildman–Crippen MR) is 121 cm³/mol. The third kappa shape index (κ3) is 5.25. The molecule has 31 heavy (non-hydrogen) atoms. The Hall–Kier alpha value is -2.43. The molecule has 2 aromatic rings. The number of aliphatic hydroxyl groups is 2. The zero-order valence-electron chi connectivity index (χ0n) is 18.3. The number of benzene rings is 1. The van der Waals surface area contributed by atoms with E-state index in [1.807, 2.05) is 42.3 Å². The number of ether oxygens (including phenoxy) is 1. The third-order valence-corrected chi connectivity index (χ3v) is 6.13. The van der Waals surface area contributed by atoms with Crippen LogP contribution in [0, 0.1) is 11.8 Å². The highest BCUT2D eigenvalue weighted by molar-refractivity contribution is 5.50. The number of methoxy groups -OCH3 is 1. The van der Waals surface area contributed by atoms with Crippen molar-refractivity contribution >= 4 is 5.82 Å². The molecule has 2 fully saturated rings. The van der Waals surface area contributed by atoms with Crippen molar-refractivity contribution < 1.29 is 14.9 Å². The molecular weight excluding hydrogens is 390 g/mol. The molecule has 2 aliphatic heterocycles. The highest BCUT2D eigenvalue weighted by Crippen LogP contribution is 2.24. The monoisotopic (exact) mass is 421 g/mol. The van der Waals surface area contributed by atoms with Crippen molar-refractivity contribution in [2.45, 2.75) is 37.1 Å². The first-order valence-corrected chi connectivity index (χ1v) is 10.9. The second-order valence-electron chi connectivity index (χ2n) is 8.70. The number of rotatable bonds is 4. The quantitative estimate of drug-likeness (QED) is 0.732. The van der Waals surface area contributed by atoms with Crippen LogP contribution >= 0.6 is 0 Å². The van der Waals surface area contributed by atoms with E-state index < -0.39 is 11.7 Å². The number of hydrogen-bond acceptors (Lipinski definition) is 6. The standard InChI is InChI=1S/C25H31N3O3/c1-27-14-6-12-25(30,18-27)13-11-20-9-10-24(28-16-22(29)23(17-28)31-2)26-21(20)15-19-7-4-3-5-8-19/h3-5,7-10,22-23,29-30H,6,12,14-18H2,1-2H3/t22-,23-,25?/m1/s1. The lowest BCUT2D eigenvalue weighted by atomic mass is 9.93. The number of hydrogen-bond donors (Lipinski definition) is 2. The molecule has 0 spiro atoms. The van der Waals surface area contributed by atoms with E-state index in [0.29, 0.717) is 32.5 Å². The lowest BCUT2D eigenvalue weighted by Crippen LogP contribution is -2.45. The molecule has 4 rings (SSSR count). The minimum absolute atomic E-state index is 0.212. The Balaban J connectivity index is 1.64. The zero-order chi connectivity index (χ0) is 21.8. The van der Waals surface area contributed by atoms with Gasteiger partial charge in [0.1, 0.15) is 17.5 Å². The first-order chi connectivity index (χ1) is 15.0. The van der Waals surface area contributed by atoms with Gasteiger partial charge in [-0.1, -0.05) is 42.2 Å². The van der Waals surface area contributed by atoms with Gasteiger partial charge in [-0.2, -0.15) is 0 Å². The second-order valence-corrected chi connectivity index (χ2v) is 8.70. The fraction of sp³-hybridized carbons (Fsp3) is 0.480. The molecule has 0 saturated carbocycles. The van der Waals surface area contributed by atoms with Crippen LogP contribution in [0.5, 0.6) is 0 Å². The van der Waals surface area contributed by atoms with Crippen LogP contribution in [-0.2, 0) is 11.2 Å². The van der Waals surface area contributed by atoms with E-state index in [-0.39, 0.29) is 6.10 Å². The summed E-state index contributed by atoms with van der Waals surface area (Å²) in [5, 5.41) is 21.1. The Kier molecular flexibility index (Phi) is 6.59. The van der Waals surface area contributed by atoms with Crippen LogP contribution < -0.4 is 4.90 Å². The zero-order valence-corrected chi connectivity index (χ0v) is 18.3. The Morgan fingerprint density at radius 2 is 2.00 bits per heavy atom. The number of nitrogens with zero attached hydrogens (tertiary/aromatic N) is 3. The van der Waals surface area contributed by atoms with E-state index in [0.717, 1.165) is 35.6 Å². The largest absolute Gasteiger partial charge is 0.388 e. The van der Waals surface area contributed by atoms with Crippen molar-refractivity contribution in [3.05, 3.63) is 59.3 Å². The number of anilines is 1. The number of pyridine rings is 1. The summed E-state index contributed by atoms with van der Waals surface area (Å²) in [4.78, 5) is 9.09. The highest BCUT2D eigenvalue weighted by Gasteiger charge is 2.32. The average Bonchev–Trinajstić information content (AvgIpc) is 3.14. The third-order valence-electron chi connectivity index (χ3n) is 6.13. The molecule has 164 valence electrons. The molecule has 0 bridgehead atoms. The van der Waals surface area contributed by atoms with Crippen molar-refractivity contribution in [3.8, 4) is 11.8 Å². The molecule has 6 heteroatoms. The van der Waals surface area contributed by atoms with Gasteiger partial charge < -0.3 is 24.7 Å². The fourth-order valence-corrected chi connectivity index (χ4v) is 4.41. The first kappa shape index (κ1) is 21.8. The van der Waals surface area contributed by atoms with Gasteiger partial charge in [0.15, 0.2) is 0 Å². The minimum atomic E-state index is -0.986. The normalized spacial score (nSPS) is 26.5. The van der Waals surface area contributed by atoms with Crippen molar-refractivity contribution in [3.63, 3.8) is 0 Å². The fourth-order valence-electron chi connectivity index (χ4n) is 4.41. The van der Waals surface area contributed by atoms with Crippen molar-refractivity contribution in [2.24, 2.45) is 0 Å². The molecule has 1 unspecified atom stereocenters. The Morgan fingerprint density at radius 3 is 2.71 bits per heavy atom. The molecule has 2 aliphatic rings. The molecule has 2 saturated heterocycles. The Bertz CT molecular complexity index is 955. The number of likely N-dealkylation sites (tertiary alicyclic amines) is 1. The minimum Gasteiger partial charge on any atom is -0.388 e. The molecule has 0 amide bonds. The molecule has 0 aliphatic carbocycles. The summed E-state index contributed by atoms with van der Waals surface area (Å²) in [6.45, 7) is 2.65. The van der Waals surface area contributed by atoms with E-state index in [4.69, 9.17) is 9.72 Å². The van der Waals surface area contributed by atoms with Gasteiger partial charge in [-0.05, 0) is 44.1 Å². The maximum Gasteiger partial charge on any atom is 0.138 e. The van der Waals surface area contributed by atoms with Crippen LogP contribution in [0.1, 0.15) is 29.7 Å².